The lowest BCUT2D eigenvalue weighted by Crippen LogP contribution is -2.01. The van der Waals surface area contributed by atoms with Crippen LogP contribution < -0.4 is 0 Å². The Bertz CT molecular complexity index is 1070. The molecular formula is C22H18N2O2. The second kappa shape index (κ2) is 6.41. The van der Waals surface area contributed by atoms with Gasteiger partial charge >= 0.3 is 0 Å². The van der Waals surface area contributed by atoms with Crippen molar-refractivity contribution in [2.45, 2.75) is 6.92 Å². The minimum atomic E-state index is -0.141. The lowest BCUT2D eigenvalue weighted by Gasteiger charge is -2.13. The standard InChI is InChI=1S/C22H18N2O2/c1-15-13-20(16-7-3-2-4-8-16)24(23-15)19-10-6-5-9-18(19)17-11-12-21(25)22(26)14-17/h2-14,25-26H,1H3. The first-order valence-corrected chi connectivity index (χ1v) is 8.37. The van der Waals surface area contributed by atoms with E-state index < -0.39 is 0 Å². The van der Waals surface area contributed by atoms with E-state index in [1.54, 1.807) is 12.1 Å². The number of aromatic nitrogens is 2. The Balaban J connectivity index is 1.92. The zero-order valence-corrected chi connectivity index (χ0v) is 14.3. The maximum atomic E-state index is 9.89. The summed E-state index contributed by atoms with van der Waals surface area (Å²) in [7, 11) is 0. The summed E-state index contributed by atoms with van der Waals surface area (Å²) in [5.41, 5.74) is 5.64. The van der Waals surface area contributed by atoms with Crippen molar-refractivity contribution in [3.8, 4) is 39.6 Å². The van der Waals surface area contributed by atoms with Gasteiger partial charge in [-0.15, -0.1) is 0 Å². The molecule has 0 aliphatic carbocycles. The molecule has 2 N–H and O–H groups in total. The number of hydrogen-bond donors (Lipinski definition) is 2. The monoisotopic (exact) mass is 342 g/mol. The van der Waals surface area contributed by atoms with E-state index in [9.17, 15) is 10.2 Å². The van der Waals surface area contributed by atoms with Crippen molar-refractivity contribution >= 4 is 0 Å². The zero-order valence-electron chi connectivity index (χ0n) is 14.3. The summed E-state index contributed by atoms with van der Waals surface area (Å²) in [5.74, 6) is -0.275. The van der Waals surface area contributed by atoms with Crippen molar-refractivity contribution in [1.29, 1.82) is 0 Å². The van der Waals surface area contributed by atoms with Gasteiger partial charge < -0.3 is 10.2 Å². The molecule has 0 aliphatic heterocycles. The Hall–Kier alpha value is -3.53. The summed E-state index contributed by atoms with van der Waals surface area (Å²) in [5, 5.41) is 24.2. The molecule has 1 aromatic heterocycles. The fraction of sp³-hybridized carbons (Fsp3) is 0.0455. The Kier molecular flexibility index (Phi) is 3.93. The van der Waals surface area contributed by atoms with Crippen molar-refractivity contribution in [3.05, 3.63) is 84.6 Å². The van der Waals surface area contributed by atoms with Crippen LogP contribution in [0.5, 0.6) is 11.5 Å². The molecule has 0 unspecified atom stereocenters. The van der Waals surface area contributed by atoms with Crippen molar-refractivity contribution in [2.24, 2.45) is 0 Å². The van der Waals surface area contributed by atoms with Gasteiger partial charge in [0.15, 0.2) is 11.5 Å². The van der Waals surface area contributed by atoms with E-state index >= 15 is 0 Å². The lowest BCUT2D eigenvalue weighted by atomic mass is 10.0. The smallest absolute Gasteiger partial charge is 0.158 e. The van der Waals surface area contributed by atoms with Crippen molar-refractivity contribution < 1.29 is 10.2 Å². The summed E-state index contributed by atoms with van der Waals surface area (Å²) in [6, 6.07) is 24.9. The maximum absolute atomic E-state index is 9.89. The molecule has 0 spiro atoms. The first kappa shape index (κ1) is 16.0. The van der Waals surface area contributed by atoms with Gasteiger partial charge in [-0.1, -0.05) is 54.6 Å². The largest absolute Gasteiger partial charge is 0.504 e. The van der Waals surface area contributed by atoms with Gasteiger partial charge in [-0.2, -0.15) is 5.10 Å². The molecule has 4 rings (SSSR count). The molecule has 0 amide bonds. The van der Waals surface area contributed by atoms with Crippen LogP contribution in [0.25, 0.3) is 28.1 Å². The molecule has 0 saturated heterocycles. The van der Waals surface area contributed by atoms with Crippen LogP contribution in [0.3, 0.4) is 0 Å². The fourth-order valence-corrected chi connectivity index (χ4v) is 3.09. The molecule has 26 heavy (non-hydrogen) atoms. The highest BCUT2D eigenvalue weighted by Crippen LogP contribution is 2.35. The number of benzene rings is 3. The first-order chi connectivity index (χ1) is 12.6. The molecule has 128 valence electrons. The van der Waals surface area contributed by atoms with Crippen LogP contribution in [0.15, 0.2) is 78.9 Å². The van der Waals surface area contributed by atoms with Crippen LogP contribution in [-0.2, 0) is 0 Å². The van der Waals surface area contributed by atoms with Gasteiger partial charge in [-0.05, 0) is 36.8 Å². The van der Waals surface area contributed by atoms with E-state index in [0.29, 0.717) is 0 Å². The van der Waals surface area contributed by atoms with Gasteiger partial charge in [0.1, 0.15) is 0 Å². The van der Waals surface area contributed by atoms with Crippen molar-refractivity contribution in [2.75, 3.05) is 0 Å². The minimum absolute atomic E-state index is 0.133. The van der Waals surface area contributed by atoms with Crippen LogP contribution in [0.2, 0.25) is 0 Å². The molecule has 0 atom stereocenters. The molecule has 0 bridgehead atoms. The molecule has 1 heterocycles. The van der Waals surface area contributed by atoms with Crippen LogP contribution in [-0.4, -0.2) is 20.0 Å². The van der Waals surface area contributed by atoms with Gasteiger partial charge in [0, 0.05) is 11.1 Å². The quantitative estimate of drug-likeness (QED) is 0.519. The lowest BCUT2D eigenvalue weighted by molar-refractivity contribution is 0.404. The maximum Gasteiger partial charge on any atom is 0.158 e. The number of aromatic hydroxyl groups is 2. The third kappa shape index (κ3) is 2.82. The number of phenolic OH excluding ortho intramolecular Hbond substituents is 2. The Morgan fingerprint density at radius 2 is 1.46 bits per heavy atom. The predicted octanol–water partition coefficient (Wildman–Crippen LogP) is 4.93. The fourth-order valence-electron chi connectivity index (χ4n) is 3.09. The number of para-hydroxylation sites is 1. The van der Waals surface area contributed by atoms with Crippen LogP contribution in [0.4, 0.5) is 0 Å². The third-order valence-electron chi connectivity index (χ3n) is 4.32. The van der Waals surface area contributed by atoms with Crippen LogP contribution in [0.1, 0.15) is 5.69 Å². The topological polar surface area (TPSA) is 58.3 Å². The Morgan fingerprint density at radius 3 is 2.23 bits per heavy atom. The number of aryl methyl sites for hydroxylation is 1. The molecular weight excluding hydrogens is 324 g/mol. The minimum Gasteiger partial charge on any atom is -0.504 e. The second-order valence-corrected chi connectivity index (χ2v) is 6.17. The highest BCUT2D eigenvalue weighted by Gasteiger charge is 2.14. The van der Waals surface area contributed by atoms with Gasteiger partial charge in [0.25, 0.3) is 0 Å². The Labute approximate surface area is 151 Å². The summed E-state index contributed by atoms with van der Waals surface area (Å²) in [6.07, 6.45) is 0. The van der Waals surface area contributed by atoms with E-state index in [4.69, 9.17) is 0 Å². The van der Waals surface area contributed by atoms with E-state index in [2.05, 4.69) is 23.3 Å². The molecule has 0 aliphatic rings. The normalized spacial score (nSPS) is 10.8. The number of phenols is 2. The molecule has 0 radical (unpaired) electrons. The summed E-state index contributed by atoms with van der Waals surface area (Å²) < 4.78 is 1.92. The van der Waals surface area contributed by atoms with Gasteiger partial charge in [-0.3, -0.25) is 0 Å². The van der Waals surface area contributed by atoms with Gasteiger partial charge in [-0.25, -0.2) is 4.68 Å². The van der Waals surface area contributed by atoms with Crippen molar-refractivity contribution in [1.82, 2.24) is 9.78 Å². The zero-order chi connectivity index (χ0) is 18.1. The summed E-state index contributed by atoms with van der Waals surface area (Å²) in [4.78, 5) is 0. The van der Waals surface area contributed by atoms with Crippen LogP contribution in [0, 0.1) is 6.92 Å². The van der Waals surface area contributed by atoms with E-state index in [1.165, 1.54) is 6.07 Å². The van der Waals surface area contributed by atoms with E-state index in [0.717, 1.165) is 33.8 Å². The highest BCUT2D eigenvalue weighted by molar-refractivity contribution is 5.76. The average Bonchev–Trinajstić information content (AvgIpc) is 3.06. The SMILES string of the molecule is Cc1cc(-c2ccccc2)n(-c2ccccc2-c2ccc(O)c(O)c2)n1. The molecule has 3 aromatic carbocycles. The molecule has 4 heteroatoms. The molecule has 0 saturated carbocycles. The number of nitrogens with zero attached hydrogens (tertiary/aromatic N) is 2. The number of rotatable bonds is 3. The molecule has 4 aromatic rings. The van der Waals surface area contributed by atoms with Crippen molar-refractivity contribution in [3.63, 3.8) is 0 Å². The second-order valence-electron chi connectivity index (χ2n) is 6.17. The molecule has 0 fully saturated rings. The molecule has 4 nitrogen and oxygen atoms in total. The highest BCUT2D eigenvalue weighted by atomic mass is 16.3. The first-order valence-electron chi connectivity index (χ1n) is 8.37. The summed E-state index contributed by atoms with van der Waals surface area (Å²) >= 11 is 0. The average molecular weight is 342 g/mol. The Morgan fingerprint density at radius 1 is 0.731 bits per heavy atom. The van der Waals surface area contributed by atoms with Gasteiger partial charge in [0.05, 0.1) is 17.1 Å². The predicted molar refractivity (Wildman–Crippen MR) is 103 cm³/mol. The summed E-state index contributed by atoms with van der Waals surface area (Å²) in [6.45, 7) is 1.97. The third-order valence-corrected chi connectivity index (χ3v) is 4.32. The van der Waals surface area contributed by atoms with E-state index in [1.807, 2.05) is 54.1 Å². The van der Waals surface area contributed by atoms with Crippen LogP contribution >= 0.6 is 0 Å². The van der Waals surface area contributed by atoms with E-state index in [-0.39, 0.29) is 11.5 Å². The van der Waals surface area contributed by atoms with Gasteiger partial charge in [0.2, 0.25) is 0 Å². The number of hydrogen-bond acceptors (Lipinski definition) is 3.